The first-order valence-corrected chi connectivity index (χ1v) is 7.35. The van der Waals surface area contributed by atoms with Crippen molar-refractivity contribution in [1.29, 1.82) is 0 Å². The van der Waals surface area contributed by atoms with Crippen LogP contribution >= 0.6 is 11.6 Å². The third kappa shape index (κ3) is 1.67. The highest BCUT2D eigenvalue weighted by molar-refractivity contribution is 6.22. The van der Waals surface area contributed by atoms with Gasteiger partial charge in [-0.3, -0.25) is 0 Å². The molecule has 0 radical (unpaired) electrons. The minimum atomic E-state index is 0.175. The van der Waals surface area contributed by atoms with Crippen LogP contribution in [0.1, 0.15) is 29.3 Å². The number of rotatable bonds is 0. The lowest BCUT2D eigenvalue weighted by atomic mass is 9.86. The Bertz CT molecular complexity index is 773. The van der Waals surface area contributed by atoms with Crippen LogP contribution in [0.2, 0.25) is 0 Å². The predicted molar refractivity (Wildman–Crippen MR) is 83.0 cm³/mol. The Morgan fingerprint density at radius 2 is 1.68 bits per heavy atom. The smallest absolute Gasteiger partial charge is 0.0594 e. The van der Waals surface area contributed by atoms with Crippen LogP contribution in [0.3, 0.4) is 0 Å². The van der Waals surface area contributed by atoms with Crippen molar-refractivity contribution in [2.24, 2.45) is 0 Å². The molecule has 1 heteroatoms. The molecule has 0 saturated heterocycles. The second-order valence-electron chi connectivity index (χ2n) is 5.38. The largest absolute Gasteiger partial charge is 0.118 e. The lowest BCUT2D eigenvalue weighted by molar-refractivity contribution is 0.672. The monoisotopic (exact) mass is 266 g/mol. The molecule has 0 N–H and O–H groups in total. The summed E-state index contributed by atoms with van der Waals surface area (Å²) in [6.07, 6.45) is 3.47. The van der Waals surface area contributed by atoms with E-state index in [4.69, 9.17) is 11.6 Å². The topological polar surface area (TPSA) is 0 Å². The van der Waals surface area contributed by atoms with Gasteiger partial charge in [0, 0.05) is 0 Å². The van der Waals surface area contributed by atoms with Gasteiger partial charge in [-0.2, -0.15) is 0 Å². The number of aryl methyl sites for hydroxylation is 1. The van der Waals surface area contributed by atoms with Crippen LogP contribution in [0, 0.1) is 0 Å². The first-order valence-electron chi connectivity index (χ1n) is 6.92. The van der Waals surface area contributed by atoms with Crippen LogP contribution in [0.5, 0.6) is 0 Å². The summed E-state index contributed by atoms with van der Waals surface area (Å²) in [6, 6.07) is 17.6. The van der Waals surface area contributed by atoms with E-state index in [0.717, 1.165) is 6.42 Å². The Hall–Kier alpha value is -1.53. The van der Waals surface area contributed by atoms with E-state index in [1.54, 1.807) is 0 Å². The molecule has 19 heavy (non-hydrogen) atoms. The predicted octanol–water partition coefficient (Wildman–Crippen LogP) is 5.61. The highest BCUT2D eigenvalue weighted by Crippen LogP contribution is 2.40. The van der Waals surface area contributed by atoms with E-state index in [0.29, 0.717) is 0 Å². The highest BCUT2D eigenvalue weighted by atomic mass is 35.5. The van der Waals surface area contributed by atoms with Gasteiger partial charge in [-0.05, 0) is 51.9 Å². The van der Waals surface area contributed by atoms with Crippen molar-refractivity contribution in [2.75, 3.05) is 0 Å². The van der Waals surface area contributed by atoms with E-state index >= 15 is 0 Å². The minimum Gasteiger partial charge on any atom is -0.118 e. The quantitative estimate of drug-likeness (QED) is 0.366. The zero-order chi connectivity index (χ0) is 12.8. The molecule has 0 spiro atoms. The van der Waals surface area contributed by atoms with Crippen LogP contribution in [0.4, 0.5) is 0 Å². The molecule has 3 aromatic carbocycles. The lowest BCUT2D eigenvalue weighted by Gasteiger charge is -2.23. The Morgan fingerprint density at radius 3 is 2.63 bits per heavy atom. The van der Waals surface area contributed by atoms with E-state index in [9.17, 15) is 0 Å². The standard InChI is InChI=1S/C18H15Cl/c19-17-7-3-5-13-9-10-15-14-6-2-1-4-12(14)8-11-16(15)18(13)17/h1-2,4,6,8-11,17H,3,5,7H2. The minimum absolute atomic E-state index is 0.175. The molecule has 0 aliphatic heterocycles. The Morgan fingerprint density at radius 1 is 0.842 bits per heavy atom. The molecule has 0 heterocycles. The van der Waals surface area contributed by atoms with Crippen molar-refractivity contribution >= 4 is 33.1 Å². The van der Waals surface area contributed by atoms with Crippen molar-refractivity contribution in [3.63, 3.8) is 0 Å². The molecule has 0 aromatic heterocycles. The fourth-order valence-corrected chi connectivity index (χ4v) is 3.77. The van der Waals surface area contributed by atoms with Gasteiger partial charge < -0.3 is 0 Å². The van der Waals surface area contributed by atoms with Crippen LogP contribution < -0.4 is 0 Å². The summed E-state index contributed by atoms with van der Waals surface area (Å²) >= 11 is 6.58. The number of halogens is 1. The van der Waals surface area contributed by atoms with Crippen LogP contribution in [0.15, 0.2) is 48.5 Å². The van der Waals surface area contributed by atoms with Crippen LogP contribution in [-0.2, 0) is 6.42 Å². The molecular weight excluding hydrogens is 252 g/mol. The molecule has 0 nitrogen and oxygen atoms in total. The molecule has 1 atom stereocenters. The number of hydrogen-bond donors (Lipinski definition) is 0. The molecule has 3 aromatic rings. The molecule has 1 aliphatic carbocycles. The van der Waals surface area contributed by atoms with Gasteiger partial charge in [-0.15, -0.1) is 11.6 Å². The van der Waals surface area contributed by atoms with Crippen molar-refractivity contribution in [1.82, 2.24) is 0 Å². The van der Waals surface area contributed by atoms with Crippen molar-refractivity contribution < 1.29 is 0 Å². The van der Waals surface area contributed by atoms with Gasteiger partial charge in [0.2, 0.25) is 0 Å². The average Bonchev–Trinajstić information content (AvgIpc) is 2.46. The molecule has 0 bridgehead atoms. The fraction of sp³-hybridized carbons (Fsp3) is 0.222. The van der Waals surface area contributed by atoms with Gasteiger partial charge in [-0.25, -0.2) is 0 Å². The maximum atomic E-state index is 6.58. The summed E-state index contributed by atoms with van der Waals surface area (Å²) < 4.78 is 0. The molecule has 0 fully saturated rings. The summed E-state index contributed by atoms with van der Waals surface area (Å²) in [5.74, 6) is 0. The van der Waals surface area contributed by atoms with Gasteiger partial charge in [-0.1, -0.05) is 48.5 Å². The van der Waals surface area contributed by atoms with E-state index < -0.39 is 0 Å². The second kappa shape index (κ2) is 4.25. The molecular formula is C18H15Cl. The van der Waals surface area contributed by atoms with Crippen LogP contribution in [-0.4, -0.2) is 0 Å². The van der Waals surface area contributed by atoms with Gasteiger partial charge in [0.05, 0.1) is 5.38 Å². The van der Waals surface area contributed by atoms with Gasteiger partial charge in [0.15, 0.2) is 0 Å². The lowest BCUT2D eigenvalue weighted by Crippen LogP contribution is -2.05. The summed E-state index contributed by atoms with van der Waals surface area (Å²) in [5.41, 5.74) is 2.81. The average molecular weight is 267 g/mol. The summed E-state index contributed by atoms with van der Waals surface area (Å²) in [7, 11) is 0. The number of benzene rings is 3. The molecule has 4 rings (SSSR count). The number of alkyl halides is 1. The van der Waals surface area contributed by atoms with Gasteiger partial charge in [0.25, 0.3) is 0 Å². The van der Waals surface area contributed by atoms with Gasteiger partial charge in [0.1, 0.15) is 0 Å². The van der Waals surface area contributed by atoms with Crippen LogP contribution in [0.25, 0.3) is 21.5 Å². The molecule has 1 unspecified atom stereocenters. The Labute approximate surface area is 118 Å². The van der Waals surface area contributed by atoms with Crippen molar-refractivity contribution in [2.45, 2.75) is 24.6 Å². The van der Waals surface area contributed by atoms with E-state index in [1.165, 1.54) is 45.5 Å². The first kappa shape index (κ1) is 11.3. The van der Waals surface area contributed by atoms with Gasteiger partial charge >= 0.3 is 0 Å². The number of fused-ring (bicyclic) bond motifs is 5. The third-order valence-electron chi connectivity index (χ3n) is 4.27. The van der Waals surface area contributed by atoms with E-state index in [-0.39, 0.29) is 5.38 Å². The Kier molecular flexibility index (Phi) is 2.53. The third-order valence-corrected chi connectivity index (χ3v) is 4.71. The normalized spacial score (nSPS) is 18.7. The highest BCUT2D eigenvalue weighted by Gasteiger charge is 2.20. The zero-order valence-corrected chi connectivity index (χ0v) is 11.5. The zero-order valence-electron chi connectivity index (χ0n) is 10.7. The Balaban J connectivity index is 2.15. The van der Waals surface area contributed by atoms with Crippen molar-refractivity contribution in [3.8, 4) is 0 Å². The second-order valence-corrected chi connectivity index (χ2v) is 5.91. The molecule has 0 amide bonds. The molecule has 0 saturated carbocycles. The summed E-state index contributed by atoms with van der Waals surface area (Å²) in [5, 5.41) is 5.49. The molecule has 94 valence electrons. The maximum absolute atomic E-state index is 6.58. The summed E-state index contributed by atoms with van der Waals surface area (Å²) in [4.78, 5) is 0. The van der Waals surface area contributed by atoms with E-state index in [2.05, 4.69) is 48.5 Å². The summed E-state index contributed by atoms with van der Waals surface area (Å²) in [6.45, 7) is 0. The van der Waals surface area contributed by atoms with E-state index in [1.807, 2.05) is 0 Å². The fourth-order valence-electron chi connectivity index (χ4n) is 3.36. The SMILES string of the molecule is ClC1CCCc2ccc3c(ccc4ccccc43)c21. The van der Waals surface area contributed by atoms with Crippen molar-refractivity contribution in [3.05, 3.63) is 59.7 Å². The maximum Gasteiger partial charge on any atom is 0.0594 e. The molecule has 1 aliphatic rings. The number of hydrogen-bond acceptors (Lipinski definition) is 0. The first-order chi connectivity index (χ1) is 9.34.